The van der Waals surface area contributed by atoms with Crippen molar-refractivity contribution < 1.29 is 0 Å². The van der Waals surface area contributed by atoms with Crippen LogP contribution in [0.3, 0.4) is 0 Å². The van der Waals surface area contributed by atoms with Gasteiger partial charge in [0.15, 0.2) is 5.41 Å². The molecule has 0 radical (unpaired) electrons. The van der Waals surface area contributed by atoms with Crippen LogP contribution >= 0.6 is 0 Å². The van der Waals surface area contributed by atoms with Crippen LogP contribution in [0.4, 0.5) is 0 Å². The molecule has 20 heavy (non-hydrogen) atoms. The minimum absolute atomic E-state index is 0.0326. The van der Waals surface area contributed by atoms with Crippen molar-refractivity contribution in [1.29, 1.82) is 10.5 Å². The highest BCUT2D eigenvalue weighted by atomic mass is 14.6. The predicted molar refractivity (Wildman–Crippen MR) is 78.0 cm³/mol. The molecule has 0 aliphatic heterocycles. The molecule has 0 spiro atoms. The van der Waals surface area contributed by atoms with E-state index in [1.807, 2.05) is 24.3 Å². The smallest absolute Gasteiger partial charge is 0.172 e. The molecule has 0 aromatic heterocycles. The maximum absolute atomic E-state index is 9.71. The van der Waals surface area contributed by atoms with E-state index in [9.17, 15) is 10.5 Å². The Morgan fingerprint density at radius 1 is 1.10 bits per heavy atom. The maximum Gasteiger partial charge on any atom is 0.172 e. The third-order valence-corrected chi connectivity index (χ3v) is 4.68. The highest BCUT2D eigenvalue weighted by Crippen LogP contribution is 2.60. The summed E-state index contributed by atoms with van der Waals surface area (Å²) in [5, 5.41) is 19.4. The maximum atomic E-state index is 9.71. The van der Waals surface area contributed by atoms with E-state index in [1.54, 1.807) is 0 Å². The van der Waals surface area contributed by atoms with Crippen molar-refractivity contribution in [2.24, 2.45) is 23.2 Å². The van der Waals surface area contributed by atoms with Crippen molar-refractivity contribution in [3.05, 3.63) is 59.3 Å². The predicted octanol–water partition coefficient (Wildman–Crippen LogP) is 3.84. The van der Waals surface area contributed by atoms with Gasteiger partial charge in [-0.05, 0) is 25.0 Å². The van der Waals surface area contributed by atoms with Gasteiger partial charge >= 0.3 is 0 Å². The minimum atomic E-state index is -1.03. The molecule has 1 fully saturated rings. The average Bonchev–Trinajstić information content (AvgIpc) is 2.87. The fourth-order valence-electron chi connectivity index (χ4n) is 3.79. The molecule has 0 unspecified atom stereocenters. The molecule has 0 bridgehead atoms. The Morgan fingerprint density at radius 3 is 2.50 bits per heavy atom. The highest BCUT2D eigenvalue weighted by Gasteiger charge is 2.58. The zero-order valence-corrected chi connectivity index (χ0v) is 11.7. The Kier molecular flexibility index (Phi) is 2.77. The lowest BCUT2D eigenvalue weighted by atomic mass is 9.76. The molecular formula is C18H16N2. The SMILES string of the molecule is CC(C)=C1C=C[C@@H]2[C@H]1[C@@H]1C=CC=CC=C1C2(C#N)C#N. The molecule has 0 amide bonds. The van der Waals surface area contributed by atoms with Gasteiger partial charge in [-0.1, -0.05) is 48.1 Å². The monoisotopic (exact) mass is 260 g/mol. The molecule has 3 aliphatic carbocycles. The molecule has 0 heterocycles. The van der Waals surface area contributed by atoms with Crippen molar-refractivity contribution >= 4 is 0 Å². The van der Waals surface area contributed by atoms with E-state index < -0.39 is 5.41 Å². The first-order valence-corrected chi connectivity index (χ1v) is 6.89. The number of hydrogen-bond acceptors (Lipinski definition) is 2. The van der Waals surface area contributed by atoms with Crippen LogP contribution in [0.15, 0.2) is 59.3 Å². The molecule has 98 valence electrons. The molecule has 0 N–H and O–H groups in total. The molecule has 0 aromatic carbocycles. The summed E-state index contributed by atoms with van der Waals surface area (Å²) in [7, 11) is 0. The summed E-state index contributed by atoms with van der Waals surface area (Å²) in [6.45, 7) is 4.20. The van der Waals surface area contributed by atoms with Crippen molar-refractivity contribution in [2.75, 3.05) is 0 Å². The Morgan fingerprint density at radius 2 is 1.85 bits per heavy atom. The third-order valence-electron chi connectivity index (χ3n) is 4.68. The average molecular weight is 260 g/mol. The summed E-state index contributed by atoms with van der Waals surface area (Å²) in [6, 6.07) is 4.63. The lowest BCUT2D eigenvalue weighted by molar-refractivity contribution is 0.424. The molecule has 2 heteroatoms. The van der Waals surface area contributed by atoms with Gasteiger partial charge in [0.05, 0.1) is 12.1 Å². The molecule has 0 saturated heterocycles. The van der Waals surface area contributed by atoms with Crippen LogP contribution in [-0.4, -0.2) is 0 Å². The fourth-order valence-corrected chi connectivity index (χ4v) is 3.79. The summed E-state index contributed by atoms with van der Waals surface area (Å²) in [4.78, 5) is 0. The first-order valence-electron chi connectivity index (χ1n) is 6.89. The van der Waals surface area contributed by atoms with Gasteiger partial charge in [0.25, 0.3) is 0 Å². The summed E-state index contributed by atoms with van der Waals surface area (Å²) >= 11 is 0. The molecule has 2 nitrogen and oxygen atoms in total. The summed E-state index contributed by atoms with van der Waals surface area (Å²) < 4.78 is 0. The number of fused-ring (bicyclic) bond motifs is 3. The number of nitrogens with zero attached hydrogens (tertiary/aromatic N) is 2. The zero-order valence-electron chi connectivity index (χ0n) is 11.7. The minimum Gasteiger partial charge on any atom is -0.196 e. The largest absolute Gasteiger partial charge is 0.196 e. The van der Waals surface area contributed by atoms with Crippen molar-refractivity contribution in [3.8, 4) is 12.1 Å². The third kappa shape index (κ3) is 1.43. The van der Waals surface area contributed by atoms with Crippen molar-refractivity contribution in [3.63, 3.8) is 0 Å². The summed E-state index contributed by atoms with van der Waals surface area (Å²) in [5.41, 5.74) is 2.48. The van der Waals surface area contributed by atoms with Gasteiger partial charge in [-0.15, -0.1) is 0 Å². The van der Waals surface area contributed by atoms with Gasteiger partial charge in [-0.25, -0.2) is 0 Å². The van der Waals surface area contributed by atoms with Crippen LogP contribution < -0.4 is 0 Å². The van der Waals surface area contributed by atoms with Crippen LogP contribution in [0, 0.1) is 45.8 Å². The standard InChI is InChI=1S/C18H16N2/c1-12(2)13-8-9-16-17(13)14-6-4-3-5-7-15(14)18(16,10-19)11-20/h3-9,14,16-17H,1-2H3/t14-,16-,17-/m1/s1. The van der Waals surface area contributed by atoms with E-state index in [2.05, 4.69) is 44.2 Å². The molecule has 1 saturated carbocycles. The van der Waals surface area contributed by atoms with E-state index in [0.29, 0.717) is 0 Å². The first-order chi connectivity index (χ1) is 9.65. The number of allylic oxidation sites excluding steroid dienone is 10. The molecule has 3 atom stereocenters. The lowest BCUT2D eigenvalue weighted by Crippen LogP contribution is -2.23. The topological polar surface area (TPSA) is 47.6 Å². The van der Waals surface area contributed by atoms with Gasteiger partial charge < -0.3 is 0 Å². The van der Waals surface area contributed by atoms with E-state index in [-0.39, 0.29) is 17.8 Å². The molecular weight excluding hydrogens is 244 g/mol. The summed E-state index contributed by atoms with van der Waals surface area (Å²) in [5.74, 6) is 0.339. The number of rotatable bonds is 0. The van der Waals surface area contributed by atoms with Crippen LogP contribution in [0.5, 0.6) is 0 Å². The molecule has 3 aliphatic rings. The lowest BCUT2D eigenvalue weighted by Gasteiger charge is -2.20. The molecule has 3 rings (SSSR count). The zero-order chi connectivity index (χ0) is 14.3. The summed E-state index contributed by atoms with van der Waals surface area (Å²) in [6.07, 6.45) is 14.2. The van der Waals surface area contributed by atoms with Crippen molar-refractivity contribution in [2.45, 2.75) is 13.8 Å². The second-order valence-corrected chi connectivity index (χ2v) is 5.82. The second-order valence-electron chi connectivity index (χ2n) is 5.82. The Hall–Kier alpha value is -2.32. The highest BCUT2D eigenvalue weighted by molar-refractivity contribution is 5.54. The number of hydrogen-bond donors (Lipinski definition) is 0. The Labute approximate surface area is 119 Å². The first kappa shape index (κ1) is 12.7. The van der Waals surface area contributed by atoms with Gasteiger partial charge in [-0.2, -0.15) is 10.5 Å². The van der Waals surface area contributed by atoms with Crippen LogP contribution in [-0.2, 0) is 0 Å². The fraction of sp³-hybridized carbons (Fsp3) is 0.333. The Balaban J connectivity index is 2.26. The number of nitriles is 2. The van der Waals surface area contributed by atoms with E-state index in [0.717, 1.165) is 5.57 Å². The second kappa shape index (κ2) is 4.36. The van der Waals surface area contributed by atoms with E-state index >= 15 is 0 Å². The Bertz CT molecular complexity index is 668. The molecule has 0 aromatic rings. The van der Waals surface area contributed by atoms with E-state index in [4.69, 9.17) is 0 Å². The van der Waals surface area contributed by atoms with Crippen molar-refractivity contribution in [1.82, 2.24) is 0 Å². The van der Waals surface area contributed by atoms with Gasteiger partial charge in [0.1, 0.15) is 0 Å². The van der Waals surface area contributed by atoms with Gasteiger partial charge in [0, 0.05) is 17.8 Å². The van der Waals surface area contributed by atoms with Gasteiger partial charge in [0.2, 0.25) is 0 Å². The van der Waals surface area contributed by atoms with Gasteiger partial charge in [-0.3, -0.25) is 0 Å². The van der Waals surface area contributed by atoms with E-state index in [1.165, 1.54) is 11.1 Å². The van der Waals surface area contributed by atoms with Crippen LogP contribution in [0.2, 0.25) is 0 Å². The quantitative estimate of drug-likeness (QED) is 0.664. The van der Waals surface area contributed by atoms with Crippen LogP contribution in [0.1, 0.15) is 13.8 Å². The van der Waals surface area contributed by atoms with Crippen LogP contribution in [0.25, 0.3) is 0 Å². The normalized spacial score (nSPS) is 31.9.